The summed E-state index contributed by atoms with van der Waals surface area (Å²) in [5.74, 6) is -0.253. The molecular weight excluding hydrogens is 512 g/mol. The average Bonchev–Trinajstić information content (AvgIpc) is 3.10. The zero-order valence-electron chi connectivity index (χ0n) is 17.4. The van der Waals surface area contributed by atoms with Crippen LogP contribution in [0.1, 0.15) is 18.1 Å². The minimum Gasteiger partial charge on any atom is -0.308 e. The van der Waals surface area contributed by atoms with Gasteiger partial charge in [0.25, 0.3) is 0 Å². The number of nitrogens with zero attached hydrogens (tertiary/aromatic N) is 2. The van der Waals surface area contributed by atoms with Gasteiger partial charge in [-0.25, -0.2) is 8.42 Å². The van der Waals surface area contributed by atoms with Gasteiger partial charge in [-0.15, -0.1) is 0 Å². The molecule has 1 atom stereocenters. The van der Waals surface area contributed by atoms with Crippen molar-refractivity contribution in [2.24, 2.45) is 0 Å². The normalized spacial score (nSPS) is 15.8. The van der Waals surface area contributed by atoms with Crippen LogP contribution in [-0.2, 0) is 27.8 Å². The van der Waals surface area contributed by atoms with Crippen molar-refractivity contribution in [2.45, 2.75) is 30.8 Å². The number of fused-ring (bicyclic) bond motifs is 1. The number of hydrogen-bond acceptors (Lipinski definition) is 3. The van der Waals surface area contributed by atoms with E-state index in [1.807, 2.05) is 31.2 Å². The summed E-state index contributed by atoms with van der Waals surface area (Å²) in [7, 11) is -3.91. The lowest BCUT2D eigenvalue weighted by Crippen LogP contribution is -2.44. The van der Waals surface area contributed by atoms with Crippen LogP contribution in [0.4, 0.5) is 5.69 Å². The van der Waals surface area contributed by atoms with Gasteiger partial charge in [0.2, 0.25) is 15.9 Å². The number of amides is 1. The van der Waals surface area contributed by atoms with Gasteiger partial charge in [-0.2, -0.15) is 4.31 Å². The van der Waals surface area contributed by atoms with Crippen molar-refractivity contribution in [2.75, 3.05) is 11.4 Å². The third-order valence-corrected chi connectivity index (χ3v) is 8.10. The Balaban J connectivity index is 1.67. The molecule has 166 valence electrons. The molecule has 0 aromatic heterocycles. The molecule has 0 N–H and O–H groups in total. The van der Waals surface area contributed by atoms with Crippen molar-refractivity contribution in [3.63, 3.8) is 0 Å². The summed E-state index contributed by atoms with van der Waals surface area (Å²) in [6, 6.07) is 21.1. The minimum absolute atomic E-state index is 0.0346. The first-order chi connectivity index (χ1) is 15.3. The summed E-state index contributed by atoms with van der Waals surface area (Å²) >= 11 is 9.32. The highest BCUT2D eigenvalue weighted by Gasteiger charge is 2.34. The fourth-order valence-corrected chi connectivity index (χ4v) is 5.72. The number of carbonyl (C=O) groups excluding carboxylic acids is 1. The second kappa shape index (κ2) is 9.35. The van der Waals surface area contributed by atoms with E-state index in [2.05, 4.69) is 15.9 Å². The van der Waals surface area contributed by atoms with Crippen LogP contribution in [0.3, 0.4) is 0 Å². The van der Waals surface area contributed by atoms with Crippen LogP contribution < -0.4 is 4.90 Å². The summed E-state index contributed by atoms with van der Waals surface area (Å²) in [5, 5.41) is 0.564. The molecular formula is C24H22BrClN2O3S. The number of benzene rings is 3. The molecule has 0 fully saturated rings. The zero-order chi connectivity index (χ0) is 22.9. The number of hydrogen-bond donors (Lipinski definition) is 0. The Morgan fingerprint density at radius 1 is 1.06 bits per heavy atom. The molecule has 0 aliphatic carbocycles. The first-order valence-corrected chi connectivity index (χ1v) is 12.8. The first-order valence-electron chi connectivity index (χ1n) is 10.2. The Hall–Kier alpha value is -2.19. The van der Waals surface area contributed by atoms with E-state index in [1.165, 1.54) is 16.4 Å². The maximum atomic E-state index is 13.5. The maximum Gasteiger partial charge on any atom is 0.243 e. The highest BCUT2D eigenvalue weighted by molar-refractivity contribution is 9.10. The van der Waals surface area contributed by atoms with Crippen LogP contribution >= 0.6 is 27.5 Å². The number of halogens is 2. The quantitative estimate of drug-likeness (QED) is 0.434. The van der Waals surface area contributed by atoms with E-state index in [1.54, 1.807) is 41.3 Å². The zero-order valence-corrected chi connectivity index (χ0v) is 20.6. The molecule has 0 spiro atoms. The lowest BCUT2D eigenvalue weighted by Gasteiger charge is -2.27. The van der Waals surface area contributed by atoms with Gasteiger partial charge in [0.05, 0.1) is 11.4 Å². The van der Waals surface area contributed by atoms with Gasteiger partial charge in [-0.3, -0.25) is 4.79 Å². The van der Waals surface area contributed by atoms with Crippen molar-refractivity contribution in [1.82, 2.24) is 4.31 Å². The molecule has 5 nitrogen and oxygen atoms in total. The Morgan fingerprint density at radius 2 is 1.72 bits per heavy atom. The number of carbonyl (C=O) groups is 1. The SMILES string of the molecule is C[C@H]1Cc2ccccc2N1C(=O)CN(Cc1ccc(Cl)cc1)S(=O)(=O)c1ccc(Br)cc1. The molecule has 0 saturated heterocycles. The molecule has 0 saturated carbocycles. The van der Waals surface area contributed by atoms with E-state index in [0.717, 1.165) is 27.7 Å². The van der Waals surface area contributed by atoms with Gasteiger partial charge in [-0.05, 0) is 66.9 Å². The lowest BCUT2D eigenvalue weighted by molar-refractivity contribution is -0.119. The van der Waals surface area contributed by atoms with Crippen LogP contribution in [0.25, 0.3) is 0 Å². The largest absolute Gasteiger partial charge is 0.308 e. The number of anilines is 1. The van der Waals surface area contributed by atoms with Crippen molar-refractivity contribution in [3.05, 3.63) is 93.4 Å². The minimum atomic E-state index is -3.91. The van der Waals surface area contributed by atoms with E-state index >= 15 is 0 Å². The van der Waals surface area contributed by atoms with Crippen LogP contribution in [0.2, 0.25) is 5.02 Å². The van der Waals surface area contributed by atoms with E-state index in [9.17, 15) is 13.2 Å². The average molecular weight is 534 g/mol. The predicted molar refractivity (Wildman–Crippen MR) is 130 cm³/mol. The summed E-state index contributed by atoms with van der Waals surface area (Å²) in [4.78, 5) is 15.2. The van der Waals surface area contributed by atoms with E-state index in [0.29, 0.717) is 5.02 Å². The third-order valence-electron chi connectivity index (χ3n) is 5.51. The molecule has 4 rings (SSSR count). The molecule has 0 bridgehead atoms. The van der Waals surface area contributed by atoms with Crippen LogP contribution in [0.5, 0.6) is 0 Å². The third kappa shape index (κ3) is 4.76. The number of sulfonamides is 1. The second-order valence-corrected chi connectivity index (χ2v) is 11.1. The highest BCUT2D eigenvalue weighted by Crippen LogP contribution is 2.32. The smallest absolute Gasteiger partial charge is 0.243 e. The molecule has 3 aromatic carbocycles. The van der Waals surface area contributed by atoms with Crippen LogP contribution in [0.15, 0.2) is 82.2 Å². The summed E-state index contributed by atoms with van der Waals surface area (Å²) in [5.41, 5.74) is 2.68. The molecule has 0 radical (unpaired) electrons. The molecule has 1 heterocycles. The molecule has 1 aliphatic rings. The fourth-order valence-electron chi connectivity index (χ4n) is 3.95. The molecule has 0 unspecified atom stereocenters. The summed E-state index contributed by atoms with van der Waals surface area (Å²) in [6.07, 6.45) is 0.749. The Bertz CT molecular complexity index is 1230. The maximum absolute atomic E-state index is 13.5. The van der Waals surface area contributed by atoms with Crippen LogP contribution in [-0.4, -0.2) is 31.2 Å². The van der Waals surface area contributed by atoms with Gasteiger partial charge in [0.15, 0.2) is 0 Å². The summed E-state index contributed by atoms with van der Waals surface area (Å²) in [6.45, 7) is 1.77. The van der Waals surface area contributed by atoms with Gasteiger partial charge < -0.3 is 4.90 Å². The predicted octanol–water partition coefficient (Wildman–Crippen LogP) is 5.27. The molecule has 8 heteroatoms. The van der Waals surface area contributed by atoms with Gasteiger partial charge in [-0.1, -0.05) is 57.9 Å². The summed E-state index contributed by atoms with van der Waals surface area (Å²) < 4.78 is 29.0. The van der Waals surface area contributed by atoms with Crippen molar-refractivity contribution in [1.29, 1.82) is 0 Å². The Kier molecular flexibility index (Phi) is 6.72. The van der Waals surface area contributed by atoms with Gasteiger partial charge in [0.1, 0.15) is 0 Å². The van der Waals surface area contributed by atoms with Gasteiger partial charge >= 0.3 is 0 Å². The van der Waals surface area contributed by atoms with Crippen molar-refractivity contribution < 1.29 is 13.2 Å². The first kappa shape index (κ1) is 23.0. The second-order valence-electron chi connectivity index (χ2n) is 7.80. The van der Waals surface area contributed by atoms with Crippen LogP contribution in [0, 0.1) is 0 Å². The van der Waals surface area contributed by atoms with Crippen molar-refractivity contribution in [3.8, 4) is 0 Å². The lowest BCUT2D eigenvalue weighted by atomic mass is 10.1. The van der Waals surface area contributed by atoms with Crippen molar-refractivity contribution >= 4 is 49.1 Å². The molecule has 3 aromatic rings. The van der Waals surface area contributed by atoms with E-state index in [4.69, 9.17) is 11.6 Å². The Labute approximate surface area is 201 Å². The van der Waals surface area contributed by atoms with E-state index in [-0.39, 0.29) is 29.9 Å². The monoisotopic (exact) mass is 532 g/mol. The topological polar surface area (TPSA) is 57.7 Å². The van der Waals surface area contributed by atoms with E-state index < -0.39 is 10.0 Å². The highest BCUT2D eigenvalue weighted by atomic mass is 79.9. The number of para-hydroxylation sites is 1. The number of rotatable bonds is 6. The molecule has 1 aliphatic heterocycles. The molecule has 1 amide bonds. The van der Waals surface area contributed by atoms with Gasteiger partial charge in [0, 0.05) is 27.8 Å². The standard InChI is InChI=1S/C24H22BrClN2O3S/c1-17-14-19-4-2-3-5-23(19)28(17)24(29)16-27(15-18-6-10-21(26)11-7-18)32(30,31)22-12-8-20(25)9-13-22/h2-13,17H,14-16H2,1H3/t17-/m0/s1. The Morgan fingerprint density at radius 3 is 2.41 bits per heavy atom. The molecule has 32 heavy (non-hydrogen) atoms. The fraction of sp³-hybridized carbons (Fsp3) is 0.208.